The van der Waals surface area contributed by atoms with Gasteiger partial charge in [-0.15, -0.1) is 0 Å². The minimum absolute atomic E-state index is 0.0145. The van der Waals surface area contributed by atoms with E-state index in [9.17, 15) is 0 Å². The van der Waals surface area contributed by atoms with Crippen LogP contribution >= 0.6 is 11.6 Å². The molecule has 7 nitrogen and oxygen atoms in total. The maximum Gasteiger partial charge on any atom is 0.226 e. The standard InChI is InChI=1S/C11H14ClN5O2/c1-18-7-4-17(5-8(7)19-2)10-6-3-13-16-9(6)14-11(12)15-10/h3,7-8H,4-5H2,1-2H3,(H,13,14,15,16). The van der Waals surface area contributed by atoms with E-state index in [4.69, 9.17) is 21.1 Å². The highest BCUT2D eigenvalue weighted by molar-refractivity contribution is 6.28. The Morgan fingerprint density at radius 1 is 1.26 bits per heavy atom. The Balaban J connectivity index is 1.99. The predicted octanol–water partition coefficient (Wildman–Crippen LogP) is 0.856. The minimum Gasteiger partial charge on any atom is -0.377 e. The van der Waals surface area contributed by atoms with Gasteiger partial charge in [-0.05, 0) is 11.6 Å². The first-order valence-corrected chi connectivity index (χ1v) is 6.28. The monoisotopic (exact) mass is 283 g/mol. The Morgan fingerprint density at radius 3 is 2.58 bits per heavy atom. The van der Waals surface area contributed by atoms with Gasteiger partial charge < -0.3 is 14.4 Å². The molecular formula is C11H14ClN5O2. The second-order valence-electron chi connectivity index (χ2n) is 4.40. The van der Waals surface area contributed by atoms with Crippen molar-refractivity contribution in [2.24, 2.45) is 0 Å². The predicted molar refractivity (Wildman–Crippen MR) is 70.5 cm³/mol. The van der Waals surface area contributed by atoms with Gasteiger partial charge in [0.1, 0.15) is 18.0 Å². The molecule has 102 valence electrons. The van der Waals surface area contributed by atoms with Crippen LogP contribution in [0.15, 0.2) is 6.20 Å². The van der Waals surface area contributed by atoms with Gasteiger partial charge in [0.15, 0.2) is 5.65 Å². The van der Waals surface area contributed by atoms with Crippen LogP contribution in [0.3, 0.4) is 0 Å². The van der Waals surface area contributed by atoms with Gasteiger partial charge in [-0.1, -0.05) is 0 Å². The molecule has 2 aromatic rings. The number of H-pyrrole nitrogens is 1. The van der Waals surface area contributed by atoms with Crippen LogP contribution in [-0.4, -0.2) is 59.7 Å². The third-order valence-electron chi connectivity index (χ3n) is 3.38. The molecule has 1 N–H and O–H groups in total. The number of ether oxygens (including phenoxy) is 2. The van der Waals surface area contributed by atoms with Crippen LogP contribution in [0.25, 0.3) is 11.0 Å². The fourth-order valence-electron chi connectivity index (χ4n) is 2.40. The topological polar surface area (TPSA) is 76.2 Å². The van der Waals surface area contributed by atoms with Crippen LogP contribution in [-0.2, 0) is 9.47 Å². The lowest BCUT2D eigenvalue weighted by molar-refractivity contribution is -0.00461. The van der Waals surface area contributed by atoms with E-state index in [1.165, 1.54) is 0 Å². The zero-order valence-electron chi connectivity index (χ0n) is 10.6. The first kappa shape index (κ1) is 12.6. The number of aromatic nitrogens is 4. The summed E-state index contributed by atoms with van der Waals surface area (Å²) >= 11 is 5.94. The Morgan fingerprint density at radius 2 is 1.95 bits per heavy atom. The molecule has 1 saturated heterocycles. The highest BCUT2D eigenvalue weighted by Gasteiger charge is 2.34. The summed E-state index contributed by atoms with van der Waals surface area (Å²) in [5.74, 6) is 0.755. The molecule has 0 saturated carbocycles. The summed E-state index contributed by atoms with van der Waals surface area (Å²) < 4.78 is 10.8. The number of halogens is 1. The van der Waals surface area contributed by atoms with E-state index in [1.54, 1.807) is 20.4 Å². The smallest absolute Gasteiger partial charge is 0.226 e. The van der Waals surface area contributed by atoms with Gasteiger partial charge in [0.25, 0.3) is 0 Å². The van der Waals surface area contributed by atoms with Crippen molar-refractivity contribution in [3.8, 4) is 0 Å². The number of aromatic amines is 1. The van der Waals surface area contributed by atoms with Gasteiger partial charge in [-0.3, -0.25) is 5.10 Å². The molecule has 8 heteroatoms. The van der Waals surface area contributed by atoms with E-state index in [2.05, 4.69) is 25.1 Å². The Kier molecular flexibility index (Phi) is 3.26. The van der Waals surface area contributed by atoms with Crippen LogP contribution in [0.5, 0.6) is 0 Å². The second kappa shape index (κ2) is 4.92. The summed E-state index contributed by atoms with van der Waals surface area (Å²) in [6.45, 7) is 1.39. The van der Waals surface area contributed by atoms with Crippen molar-refractivity contribution < 1.29 is 9.47 Å². The van der Waals surface area contributed by atoms with Crippen LogP contribution in [0.4, 0.5) is 5.82 Å². The van der Waals surface area contributed by atoms with Crippen molar-refractivity contribution in [1.82, 2.24) is 20.2 Å². The molecule has 19 heavy (non-hydrogen) atoms. The van der Waals surface area contributed by atoms with Crippen molar-refractivity contribution >= 4 is 28.5 Å². The van der Waals surface area contributed by atoms with E-state index < -0.39 is 0 Å². The molecule has 0 spiro atoms. The summed E-state index contributed by atoms with van der Waals surface area (Å²) in [5, 5.41) is 7.82. The van der Waals surface area contributed by atoms with Crippen LogP contribution in [0, 0.1) is 0 Å². The lowest BCUT2D eigenvalue weighted by atomic mass is 10.3. The van der Waals surface area contributed by atoms with E-state index in [1.807, 2.05) is 0 Å². The Bertz CT molecular complexity index is 577. The molecule has 1 aliphatic rings. The fraction of sp³-hybridized carbons (Fsp3) is 0.545. The van der Waals surface area contributed by atoms with Crippen LogP contribution < -0.4 is 4.90 Å². The van der Waals surface area contributed by atoms with Crippen LogP contribution in [0.2, 0.25) is 5.28 Å². The van der Waals surface area contributed by atoms with Gasteiger partial charge >= 0.3 is 0 Å². The number of anilines is 1. The number of hydrogen-bond donors (Lipinski definition) is 1. The number of methoxy groups -OCH3 is 2. The molecule has 2 unspecified atom stereocenters. The third kappa shape index (κ3) is 2.13. The van der Waals surface area contributed by atoms with Crippen molar-refractivity contribution in [2.45, 2.75) is 12.2 Å². The zero-order valence-corrected chi connectivity index (χ0v) is 11.4. The lowest BCUT2D eigenvalue weighted by Crippen LogP contribution is -2.27. The molecule has 0 aromatic carbocycles. The maximum absolute atomic E-state index is 5.94. The summed E-state index contributed by atoms with van der Waals surface area (Å²) in [6, 6.07) is 0. The van der Waals surface area contributed by atoms with Crippen molar-refractivity contribution in [3.63, 3.8) is 0 Å². The van der Waals surface area contributed by atoms with Crippen molar-refractivity contribution in [2.75, 3.05) is 32.2 Å². The molecular weight excluding hydrogens is 270 g/mol. The molecule has 2 aromatic heterocycles. The van der Waals surface area contributed by atoms with Gasteiger partial charge in [0, 0.05) is 27.3 Å². The van der Waals surface area contributed by atoms with Gasteiger partial charge in [0.2, 0.25) is 5.28 Å². The first-order valence-electron chi connectivity index (χ1n) is 5.90. The number of hydrogen-bond acceptors (Lipinski definition) is 6. The quantitative estimate of drug-likeness (QED) is 0.842. The second-order valence-corrected chi connectivity index (χ2v) is 4.74. The molecule has 0 bridgehead atoms. The average Bonchev–Trinajstić information content (AvgIpc) is 3.02. The maximum atomic E-state index is 5.94. The van der Waals surface area contributed by atoms with E-state index in [0.29, 0.717) is 18.7 Å². The normalized spacial score (nSPS) is 23.4. The molecule has 2 atom stereocenters. The van der Waals surface area contributed by atoms with Crippen molar-refractivity contribution in [3.05, 3.63) is 11.5 Å². The molecule has 0 aliphatic carbocycles. The molecule has 3 heterocycles. The SMILES string of the molecule is COC1CN(c2nc(Cl)nc3[nH]ncc23)CC1OC. The number of nitrogens with one attached hydrogen (secondary N) is 1. The Labute approximate surface area is 114 Å². The number of nitrogens with zero attached hydrogens (tertiary/aromatic N) is 4. The number of rotatable bonds is 3. The van der Waals surface area contributed by atoms with Gasteiger partial charge in [0.05, 0.1) is 11.6 Å². The summed E-state index contributed by atoms with van der Waals surface area (Å²) in [6.07, 6.45) is 1.73. The van der Waals surface area contributed by atoms with E-state index in [-0.39, 0.29) is 17.5 Å². The summed E-state index contributed by atoms with van der Waals surface area (Å²) in [7, 11) is 3.36. The van der Waals surface area contributed by atoms with E-state index in [0.717, 1.165) is 11.2 Å². The lowest BCUT2D eigenvalue weighted by Gasteiger charge is -2.17. The Hall–Kier alpha value is -1.44. The molecule has 0 amide bonds. The summed E-state index contributed by atoms with van der Waals surface area (Å²) in [5.41, 5.74) is 0.629. The summed E-state index contributed by atoms with van der Waals surface area (Å²) in [4.78, 5) is 10.5. The average molecular weight is 284 g/mol. The highest BCUT2D eigenvalue weighted by atomic mass is 35.5. The molecule has 0 radical (unpaired) electrons. The minimum atomic E-state index is 0.0145. The van der Waals surface area contributed by atoms with Gasteiger partial charge in [-0.2, -0.15) is 15.1 Å². The third-order valence-corrected chi connectivity index (χ3v) is 3.55. The zero-order chi connectivity index (χ0) is 13.4. The van der Waals surface area contributed by atoms with Crippen LogP contribution in [0.1, 0.15) is 0 Å². The number of fused-ring (bicyclic) bond motifs is 1. The van der Waals surface area contributed by atoms with Crippen molar-refractivity contribution in [1.29, 1.82) is 0 Å². The molecule has 1 aliphatic heterocycles. The molecule has 1 fully saturated rings. The fourth-order valence-corrected chi connectivity index (χ4v) is 2.57. The van der Waals surface area contributed by atoms with E-state index >= 15 is 0 Å². The molecule has 3 rings (SSSR count). The first-order chi connectivity index (χ1) is 9.22. The van der Waals surface area contributed by atoms with Gasteiger partial charge in [-0.25, -0.2) is 0 Å². The highest BCUT2D eigenvalue weighted by Crippen LogP contribution is 2.28. The largest absolute Gasteiger partial charge is 0.377 e.